The second-order valence-corrected chi connectivity index (χ2v) is 4.51. The Morgan fingerprint density at radius 3 is 2.93 bits per heavy atom. The summed E-state index contributed by atoms with van der Waals surface area (Å²) in [7, 11) is 0. The van der Waals surface area contributed by atoms with Crippen LogP contribution in [-0.4, -0.2) is 18.3 Å². The molecule has 1 atom stereocenters. The van der Waals surface area contributed by atoms with E-state index in [0.29, 0.717) is 5.92 Å². The quantitative estimate of drug-likeness (QED) is 0.790. The fourth-order valence-corrected chi connectivity index (χ4v) is 2.04. The molecule has 2 nitrogen and oxygen atoms in total. The normalized spacial score (nSPS) is 16.1. The van der Waals surface area contributed by atoms with Crippen LogP contribution in [0.4, 0.5) is 5.69 Å². The summed E-state index contributed by atoms with van der Waals surface area (Å²) < 4.78 is 0. The van der Waals surface area contributed by atoms with Gasteiger partial charge < -0.3 is 10.4 Å². The van der Waals surface area contributed by atoms with Gasteiger partial charge in [0.25, 0.3) is 0 Å². The van der Waals surface area contributed by atoms with Gasteiger partial charge in [-0.15, -0.1) is 0 Å². The van der Waals surface area contributed by atoms with Crippen molar-refractivity contribution in [2.24, 2.45) is 5.92 Å². The van der Waals surface area contributed by atoms with Crippen molar-refractivity contribution in [1.29, 1.82) is 0 Å². The van der Waals surface area contributed by atoms with E-state index in [9.17, 15) is 0 Å². The summed E-state index contributed by atoms with van der Waals surface area (Å²) in [5.74, 6) is 0.318. The summed E-state index contributed by atoms with van der Waals surface area (Å²) in [5, 5.41) is 12.3. The lowest BCUT2D eigenvalue weighted by Gasteiger charge is -2.11. The lowest BCUT2D eigenvalue weighted by Crippen LogP contribution is -2.14. The number of hydrogen-bond donors (Lipinski definition) is 2. The predicted molar refractivity (Wildman–Crippen MR) is 63.2 cm³/mol. The standard InChI is InChI=1S/C13H19NO/c1-10(9-15)8-14-13-6-5-11-3-2-4-12(11)7-13/h5-7,10,14-15H,2-4,8-9H2,1H3. The van der Waals surface area contributed by atoms with E-state index in [1.54, 1.807) is 0 Å². The maximum absolute atomic E-state index is 8.93. The molecule has 0 fully saturated rings. The highest BCUT2D eigenvalue weighted by atomic mass is 16.3. The van der Waals surface area contributed by atoms with E-state index in [-0.39, 0.29) is 6.61 Å². The minimum atomic E-state index is 0.248. The molecule has 0 heterocycles. The molecule has 0 saturated heterocycles. The van der Waals surface area contributed by atoms with Gasteiger partial charge in [0.15, 0.2) is 0 Å². The van der Waals surface area contributed by atoms with Gasteiger partial charge in [0.1, 0.15) is 0 Å². The van der Waals surface area contributed by atoms with Gasteiger partial charge in [-0.25, -0.2) is 0 Å². The van der Waals surface area contributed by atoms with Crippen LogP contribution in [0.15, 0.2) is 18.2 Å². The van der Waals surface area contributed by atoms with Gasteiger partial charge in [-0.1, -0.05) is 13.0 Å². The minimum Gasteiger partial charge on any atom is -0.396 e. The third kappa shape index (κ3) is 2.51. The molecule has 2 heteroatoms. The average Bonchev–Trinajstić information content (AvgIpc) is 2.72. The topological polar surface area (TPSA) is 32.3 Å². The molecule has 15 heavy (non-hydrogen) atoms. The highest BCUT2D eigenvalue weighted by Gasteiger charge is 2.10. The molecule has 1 aliphatic rings. The van der Waals surface area contributed by atoms with Gasteiger partial charge in [-0.2, -0.15) is 0 Å². The first-order valence-corrected chi connectivity index (χ1v) is 5.76. The second-order valence-electron chi connectivity index (χ2n) is 4.51. The Hall–Kier alpha value is -1.02. The maximum Gasteiger partial charge on any atom is 0.0473 e. The third-order valence-electron chi connectivity index (χ3n) is 3.06. The Kier molecular flexibility index (Phi) is 3.27. The number of anilines is 1. The number of rotatable bonds is 4. The molecule has 0 aliphatic heterocycles. The molecule has 82 valence electrons. The van der Waals surface area contributed by atoms with Gasteiger partial charge in [-0.05, 0) is 48.4 Å². The molecule has 0 spiro atoms. The SMILES string of the molecule is CC(CO)CNc1ccc2c(c1)CCC2. The zero-order valence-corrected chi connectivity index (χ0v) is 9.29. The summed E-state index contributed by atoms with van der Waals surface area (Å²) in [6.45, 7) is 3.13. The number of aryl methyl sites for hydroxylation is 2. The Morgan fingerprint density at radius 2 is 2.13 bits per heavy atom. The number of nitrogens with one attached hydrogen (secondary N) is 1. The van der Waals surface area contributed by atoms with E-state index in [4.69, 9.17) is 5.11 Å². The van der Waals surface area contributed by atoms with Crippen LogP contribution in [0, 0.1) is 5.92 Å². The monoisotopic (exact) mass is 205 g/mol. The smallest absolute Gasteiger partial charge is 0.0473 e. The molecule has 0 saturated carbocycles. The van der Waals surface area contributed by atoms with Crippen LogP contribution in [0.2, 0.25) is 0 Å². The Balaban J connectivity index is 1.98. The summed E-state index contributed by atoms with van der Waals surface area (Å²) in [6.07, 6.45) is 3.76. The van der Waals surface area contributed by atoms with Gasteiger partial charge in [0.05, 0.1) is 0 Å². The molecule has 0 aromatic heterocycles. The first kappa shape index (κ1) is 10.5. The van der Waals surface area contributed by atoms with Gasteiger partial charge in [0.2, 0.25) is 0 Å². The van der Waals surface area contributed by atoms with Crippen LogP contribution in [0.25, 0.3) is 0 Å². The van der Waals surface area contributed by atoms with E-state index in [0.717, 1.165) is 6.54 Å². The summed E-state index contributed by atoms with van der Waals surface area (Å²) in [5.41, 5.74) is 4.20. The highest BCUT2D eigenvalue weighted by Crippen LogP contribution is 2.24. The lowest BCUT2D eigenvalue weighted by molar-refractivity contribution is 0.244. The van der Waals surface area contributed by atoms with Crippen LogP contribution < -0.4 is 5.32 Å². The van der Waals surface area contributed by atoms with Crippen molar-refractivity contribution >= 4 is 5.69 Å². The van der Waals surface area contributed by atoms with Crippen LogP contribution in [0.5, 0.6) is 0 Å². The van der Waals surface area contributed by atoms with Crippen molar-refractivity contribution in [3.8, 4) is 0 Å². The number of benzene rings is 1. The van der Waals surface area contributed by atoms with E-state index < -0.39 is 0 Å². The minimum absolute atomic E-state index is 0.248. The molecule has 1 aliphatic carbocycles. The largest absolute Gasteiger partial charge is 0.396 e. The molecule has 1 aromatic rings. The molecule has 2 rings (SSSR count). The van der Waals surface area contributed by atoms with Crippen LogP contribution in [-0.2, 0) is 12.8 Å². The van der Waals surface area contributed by atoms with Gasteiger partial charge >= 0.3 is 0 Å². The fraction of sp³-hybridized carbons (Fsp3) is 0.538. The number of aliphatic hydroxyl groups is 1. The van der Waals surface area contributed by atoms with Gasteiger partial charge in [0, 0.05) is 18.8 Å². The van der Waals surface area contributed by atoms with Crippen LogP contribution in [0.1, 0.15) is 24.5 Å². The first-order valence-electron chi connectivity index (χ1n) is 5.76. The zero-order valence-electron chi connectivity index (χ0n) is 9.29. The van der Waals surface area contributed by atoms with Gasteiger partial charge in [-0.3, -0.25) is 0 Å². The summed E-state index contributed by atoms with van der Waals surface area (Å²) in [4.78, 5) is 0. The van der Waals surface area contributed by atoms with E-state index >= 15 is 0 Å². The van der Waals surface area contributed by atoms with E-state index in [1.165, 1.54) is 36.1 Å². The molecule has 1 unspecified atom stereocenters. The molecule has 0 radical (unpaired) electrons. The number of hydrogen-bond acceptors (Lipinski definition) is 2. The van der Waals surface area contributed by atoms with Crippen LogP contribution >= 0.6 is 0 Å². The second kappa shape index (κ2) is 4.67. The fourth-order valence-electron chi connectivity index (χ4n) is 2.04. The van der Waals surface area contributed by atoms with Crippen molar-refractivity contribution in [2.45, 2.75) is 26.2 Å². The van der Waals surface area contributed by atoms with Crippen molar-refractivity contribution < 1.29 is 5.11 Å². The third-order valence-corrected chi connectivity index (χ3v) is 3.06. The van der Waals surface area contributed by atoms with Crippen molar-refractivity contribution in [1.82, 2.24) is 0 Å². The summed E-state index contributed by atoms with van der Waals surface area (Å²) in [6, 6.07) is 6.63. The molecule has 2 N–H and O–H groups in total. The van der Waals surface area contributed by atoms with Crippen molar-refractivity contribution in [3.63, 3.8) is 0 Å². The predicted octanol–water partition coefficient (Wildman–Crippen LogP) is 2.22. The molecular weight excluding hydrogens is 186 g/mol. The average molecular weight is 205 g/mol. The maximum atomic E-state index is 8.93. The molecule has 0 bridgehead atoms. The van der Waals surface area contributed by atoms with E-state index in [1.807, 2.05) is 6.92 Å². The Labute approximate surface area is 91.3 Å². The van der Waals surface area contributed by atoms with Crippen LogP contribution in [0.3, 0.4) is 0 Å². The Bertz CT molecular complexity index is 335. The molecule has 0 amide bonds. The summed E-state index contributed by atoms with van der Waals surface area (Å²) >= 11 is 0. The van der Waals surface area contributed by atoms with Crippen molar-refractivity contribution in [2.75, 3.05) is 18.5 Å². The van der Waals surface area contributed by atoms with E-state index in [2.05, 4.69) is 23.5 Å². The first-order chi connectivity index (χ1) is 7.29. The molecular formula is C13H19NO. The lowest BCUT2D eigenvalue weighted by atomic mass is 10.1. The highest BCUT2D eigenvalue weighted by molar-refractivity contribution is 5.50. The number of aliphatic hydroxyl groups excluding tert-OH is 1. The van der Waals surface area contributed by atoms with Crippen molar-refractivity contribution in [3.05, 3.63) is 29.3 Å². The zero-order chi connectivity index (χ0) is 10.7. The number of fused-ring (bicyclic) bond motifs is 1. The molecule has 1 aromatic carbocycles. The Morgan fingerprint density at radius 1 is 1.33 bits per heavy atom.